The van der Waals surface area contributed by atoms with Crippen LogP contribution in [0, 0.1) is 0 Å². The van der Waals surface area contributed by atoms with E-state index in [2.05, 4.69) is 126 Å². The Balaban J connectivity index is 1.54. The zero-order valence-corrected chi connectivity index (χ0v) is 20.3. The van der Waals surface area contributed by atoms with E-state index >= 15 is 0 Å². The number of hydrogen-bond acceptors (Lipinski definition) is 1. The van der Waals surface area contributed by atoms with Gasteiger partial charge >= 0.3 is 0 Å². The third-order valence-corrected chi connectivity index (χ3v) is 7.32. The highest BCUT2D eigenvalue weighted by molar-refractivity contribution is 6.31. The van der Waals surface area contributed by atoms with Gasteiger partial charge < -0.3 is 4.90 Å². The summed E-state index contributed by atoms with van der Waals surface area (Å²) >= 11 is 6.18. The standard InChI is InChI=1S/C34H22ClN/c35-26-17-11-23(12-18-26)29-19-13-24-15-21-31-32(22-16-25-14-20-30(29)33(24)34(25)31)36(27-7-3-1-4-8-27)28-9-5-2-6-10-28/h1-22H. The van der Waals surface area contributed by atoms with Crippen molar-refractivity contribution in [3.8, 4) is 11.1 Å². The van der Waals surface area contributed by atoms with Crippen molar-refractivity contribution in [2.45, 2.75) is 0 Å². The van der Waals surface area contributed by atoms with E-state index in [1.807, 2.05) is 12.1 Å². The monoisotopic (exact) mass is 479 g/mol. The van der Waals surface area contributed by atoms with Crippen molar-refractivity contribution >= 4 is 61.0 Å². The fourth-order valence-electron chi connectivity index (χ4n) is 5.44. The van der Waals surface area contributed by atoms with Gasteiger partial charge in [0.25, 0.3) is 0 Å². The molecule has 0 bridgehead atoms. The molecule has 0 saturated heterocycles. The predicted octanol–water partition coefficient (Wildman–Crippen LogP) is 10.4. The lowest BCUT2D eigenvalue weighted by atomic mass is 9.89. The SMILES string of the molecule is Clc1ccc(-c2ccc3ccc4c(N(c5ccccc5)c5ccccc5)ccc5ccc2c3c54)cc1. The highest BCUT2D eigenvalue weighted by Gasteiger charge is 2.19. The van der Waals surface area contributed by atoms with Crippen LogP contribution in [0.5, 0.6) is 0 Å². The number of halogens is 1. The van der Waals surface area contributed by atoms with Crippen LogP contribution in [0.15, 0.2) is 133 Å². The molecular weight excluding hydrogens is 458 g/mol. The molecule has 0 fully saturated rings. The van der Waals surface area contributed by atoms with Gasteiger partial charge in [-0.3, -0.25) is 0 Å². The molecule has 0 amide bonds. The Morgan fingerprint density at radius 2 is 0.972 bits per heavy atom. The van der Waals surface area contributed by atoms with Crippen LogP contribution < -0.4 is 4.90 Å². The summed E-state index contributed by atoms with van der Waals surface area (Å²) in [4.78, 5) is 2.35. The van der Waals surface area contributed by atoms with Gasteiger partial charge in [0.05, 0.1) is 5.69 Å². The highest BCUT2D eigenvalue weighted by Crippen LogP contribution is 2.45. The Kier molecular flexibility index (Phi) is 4.90. The maximum absolute atomic E-state index is 6.18. The van der Waals surface area contributed by atoms with E-state index in [-0.39, 0.29) is 0 Å². The van der Waals surface area contributed by atoms with Crippen molar-refractivity contribution in [2.75, 3.05) is 4.90 Å². The van der Waals surface area contributed by atoms with Gasteiger partial charge in [-0.15, -0.1) is 0 Å². The number of benzene rings is 7. The van der Waals surface area contributed by atoms with Gasteiger partial charge in [-0.1, -0.05) is 103 Å². The number of nitrogens with zero attached hydrogens (tertiary/aromatic N) is 1. The molecule has 0 aliphatic heterocycles. The highest BCUT2D eigenvalue weighted by atomic mass is 35.5. The van der Waals surface area contributed by atoms with Crippen molar-refractivity contribution < 1.29 is 0 Å². The van der Waals surface area contributed by atoms with Gasteiger partial charge in [0.2, 0.25) is 0 Å². The lowest BCUT2D eigenvalue weighted by Gasteiger charge is -2.27. The lowest BCUT2D eigenvalue weighted by Crippen LogP contribution is -2.10. The fourth-order valence-corrected chi connectivity index (χ4v) is 5.57. The maximum Gasteiger partial charge on any atom is 0.0540 e. The van der Waals surface area contributed by atoms with Gasteiger partial charge in [-0.2, -0.15) is 0 Å². The predicted molar refractivity (Wildman–Crippen MR) is 155 cm³/mol. The number of anilines is 3. The molecule has 0 heterocycles. The molecule has 7 aromatic rings. The van der Waals surface area contributed by atoms with Gasteiger partial charge in [0.15, 0.2) is 0 Å². The Hall–Kier alpha value is -4.33. The second kappa shape index (κ2) is 8.41. The molecule has 36 heavy (non-hydrogen) atoms. The zero-order valence-electron chi connectivity index (χ0n) is 19.5. The van der Waals surface area contributed by atoms with Gasteiger partial charge in [-0.25, -0.2) is 0 Å². The molecule has 0 aromatic heterocycles. The summed E-state index contributed by atoms with van der Waals surface area (Å²) in [5.41, 5.74) is 5.85. The van der Waals surface area contributed by atoms with Gasteiger partial charge in [0.1, 0.15) is 0 Å². The molecule has 0 radical (unpaired) electrons. The van der Waals surface area contributed by atoms with Gasteiger partial charge in [0, 0.05) is 21.8 Å². The van der Waals surface area contributed by atoms with Crippen LogP contribution in [-0.2, 0) is 0 Å². The summed E-state index contributed by atoms with van der Waals surface area (Å²) in [5, 5.41) is 8.37. The molecule has 0 N–H and O–H groups in total. The molecule has 0 aliphatic rings. The number of para-hydroxylation sites is 2. The first kappa shape index (κ1) is 21.0. The number of hydrogen-bond donors (Lipinski definition) is 0. The molecule has 0 spiro atoms. The van der Waals surface area contributed by atoms with E-state index < -0.39 is 0 Å². The summed E-state index contributed by atoms with van der Waals surface area (Å²) < 4.78 is 0. The van der Waals surface area contributed by atoms with Crippen molar-refractivity contribution in [3.63, 3.8) is 0 Å². The summed E-state index contributed by atoms with van der Waals surface area (Å²) in [5.74, 6) is 0. The van der Waals surface area contributed by atoms with Gasteiger partial charge in [-0.05, 0) is 80.5 Å². The van der Waals surface area contributed by atoms with Crippen molar-refractivity contribution in [1.82, 2.24) is 0 Å². The van der Waals surface area contributed by atoms with E-state index in [0.717, 1.165) is 16.4 Å². The number of rotatable bonds is 4. The minimum atomic E-state index is 0.753. The molecule has 7 rings (SSSR count). The second-order valence-corrected chi connectivity index (χ2v) is 9.57. The normalized spacial score (nSPS) is 11.5. The summed E-state index contributed by atoms with van der Waals surface area (Å²) in [7, 11) is 0. The summed E-state index contributed by atoms with van der Waals surface area (Å²) in [6.07, 6.45) is 0. The van der Waals surface area contributed by atoms with Crippen molar-refractivity contribution in [2.24, 2.45) is 0 Å². The van der Waals surface area contributed by atoms with Crippen molar-refractivity contribution in [1.29, 1.82) is 0 Å². The Morgan fingerprint density at radius 1 is 0.444 bits per heavy atom. The first-order valence-corrected chi connectivity index (χ1v) is 12.5. The Labute approximate surface area is 215 Å². The topological polar surface area (TPSA) is 3.24 Å². The molecule has 2 heteroatoms. The molecular formula is C34H22ClN. The average molecular weight is 480 g/mol. The molecule has 170 valence electrons. The first-order chi connectivity index (χ1) is 17.8. The van der Waals surface area contributed by atoms with Crippen LogP contribution in [0.25, 0.3) is 43.4 Å². The third kappa shape index (κ3) is 3.32. The Morgan fingerprint density at radius 3 is 1.61 bits per heavy atom. The minimum absolute atomic E-state index is 0.753. The van der Waals surface area contributed by atoms with Crippen molar-refractivity contribution in [3.05, 3.63) is 138 Å². The summed E-state index contributed by atoms with van der Waals surface area (Å²) in [6, 6.07) is 47.4. The molecule has 0 atom stereocenters. The van der Waals surface area contributed by atoms with Crippen LogP contribution in [0.4, 0.5) is 17.1 Å². The second-order valence-electron chi connectivity index (χ2n) is 9.13. The zero-order chi connectivity index (χ0) is 24.1. The molecule has 0 unspecified atom stereocenters. The van der Waals surface area contributed by atoms with E-state index in [1.165, 1.54) is 49.1 Å². The molecule has 7 aromatic carbocycles. The van der Waals surface area contributed by atoms with Crippen LogP contribution >= 0.6 is 11.6 Å². The summed E-state index contributed by atoms with van der Waals surface area (Å²) in [6.45, 7) is 0. The van der Waals surface area contributed by atoms with Crippen LogP contribution in [0.1, 0.15) is 0 Å². The fraction of sp³-hybridized carbons (Fsp3) is 0. The van der Waals surface area contributed by atoms with E-state index in [4.69, 9.17) is 11.6 Å². The minimum Gasteiger partial charge on any atom is -0.310 e. The lowest BCUT2D eigenvalue weighted by molar-refractivity contribution is 1.30. The molecule has 0 saturated carbocycles. The smallest absolute Gasteiger partial charge is 0.0540 e. The van der Waals surface area contributed by atoms with E-state index in [0.29, 0.717) is 0 Å². The molecule has 1 nitrogen and oxygen atoms in total. The maximum atomic E-state index is 6.18. The molecule has 0 aliphatic carbocycles. The first-order valence-electron chi connectivity index (χ1n) is 12.1. The Bertz CT molecular complexity index is 1780. The van der Waals surface area contributed by atoms with Crippen LogP contribution in [-0.4, -0.2) is 0 Å². The average Bonchev–Trinajstić information content (AvgIpc) is 2.94. The van der Waals surface area contributed by atoms with Crippen LogP contribution in [0.2, 0.25) is 5.02 Å². The largest absolute Gasteiger partial charge is 0.310 e. The van der Waals surface area contributed by atoms with Crippen LogP contribution in [0.3, 0.4) is 0 Å². The van der Waals surface area contributed by atoms with E-state index in [1.54, 1.807) is 0 Å². The van der Waals surface area contributed by atoms with E-state index in [9.17, 15) is 0 Å². The third-order valence-electron chi connectivity index (χ3n) is 7.07. The quantitative estimate of drug-likeness (QED) is 0.227.